The minimum Gasteiger partial charge on any atom is -0.394 e. The first-order valence-corrected chi connectivity index (χ1v) is 8.01. The SMILES string of the molecule is CC1CCCC(CO)(NCc2cc(Cl)ccc2Br)C1. The van der Waals surface area contributed by atoms with Crippen molar-refractivity contribution in [3.8, 4) is 0 Å². The minimum atomic E-state index is -0.126. The highest BCUT2D eigenvalue weighted by Crippen LogP contribution is 2.32. The van der Waals surface area contributed by atoms with Gasteiger partial charge in [0.05, 0.1) is 6.61 Å². The van der Waals surface area contributed by atoms with Gasteiger partial charge in [0.1, 0.15) is 0 Å². The summed E-state index contributed by atoms with van der Waals surface area (Å²) >= 11 is 9.58. The van der Waals surface area contributed by atoms with Crippen LogP contribution in [0, 0.1) is 5.92 Å². The van der Waals surface area contributed by atoms with Crippen LogP contribution in [0.5, 0.6) is 0 Å². The summed E-state index contributed by atoms with van der Waals surface area (Å²) in [6.45, 7) is 3.20. The topological polar surface area (TPSA) is 32.3 Å². The smallest absolute Gasteiger partial charge is 0.0613 e. The van der Waals surface area contributed by atoms with Crippen LogP contribution in [0.3, 0.4) is 0 Å². The lowest BCUT2D eigenvalue weighted by atomic mass is 9.77. The molecule has 0 saturated heterocycles. The highest BCUT2D eigenvalue weighted by atomic mass is 79.9. The summed E-state index contributed by atoms with van der Waals surface area (Å²) in [6, 6.07) is 5.81. The standard InChI is InChI=1S/C15H21BrClNO/c1-11-3-2-6-15(8-11,10-19)18-9-12-7-13(17)4-5-14(12)16/h4-5,7,11,18-19H,2-3,6,8-10H2,1H3. The Balaban J connectivity index is 2.05. The van der Waals surface area contributed by atoms with Crippen LogP contribution in [0.1, 0.15) is 38.2 Å². The summed E-state index contributed by atoms with van der Waals surface area (Å²) in [5.74, 6) is 0.677. The molecule has 106 valence electrons. The molecule has 1 aromatic carbocycles. The van der Waals surface area contributed by atoms with Crippen LogP contribution in [0.25, 0.3) is 0 Å². The second-order valence-electron chi connectivity index (χ2n) is 5.73. The third-order valence-corrected chi connectivity index (χ3v) is 5.06. The molecule has 2 N–H and O–H groups in total. The molecular weight excluding hydrogens is 326 g/mol. The third kappa shape index (κ3) is 3.94. The molecule has 0 aromatic heterocycles. The van der Waals surface area contributed by atoms with Crippen LogP contribution in [0.15, 0.2) is 22.7 Å². The Morgan fingerprint density at radius 1 is 1.53 bits per heavy atom. The van der Waals surface area contributed by atoms with Crippen molar-refractivity contribution < 1.29 is 5.11 Å². The van der Waals surface area contributed by atoms with Crippen molar-refractivity contribution in [3.63, 3.8) is 0 Å². The van der Waals surface area contributed by atoms with E-state index in [1.807, 2.05) is 18.2 Å². The number of hydrogen-bond acceptors (Lipinski definition) is 2. The average molecular weight is 347 g/mol. The quantitative estimate of drug-likeness (QED) is 0.859. The first kappa shape index (κ1) is 15.3. The van der Waals surface area contributed by atoms with E-state index in [1.54, 1.807) is 0 Å². The Hall–Kier alpha value is -0.0900. The van der Waals surface area contributed by atoms with Crippen LogP contribution in [0.2, 0.25) is 5.02 Å². The van der Waals surface area contributed by atoms with Gasteiger partial charge in [-0.25, -0.2) is 0 Å². The fourth-order valence-electron chi connectivity index (χ4n) is 2.98. The van der Waals surface area contributed by atoms with E-state index in [9.17, 15) is 5.11 Å². The van der Waals surface area contributed by atoms with Gasteiger partial charge in [-0.15, -0.1) is 0 Å². The van der Waals surface area contributed by atoms with Crippen LogP contribution in [0.4, 0.5) is 0 Å². The summed E-state index contributed by atoms with van der Waals surface area (Å²) in [4.78, 5) is 0. The van der Waals surface area contributed by atoms with Crippen LogP contribution < -0.4 is 5.32 Å². The maximum atomic E-state index is 9.76. The lowest BCUT2D eigenvalue weighted by molar-refractivity contribution is 0.0982. The normalized spacial score (nSPS) is 27.5. The van der Waals surface area contributed by atoms with E-state index in [-0.39, 0.29) is 12.1 Å². The fourth-order valence-corrected chi connectivity index (χ4v) is 3.56. The third-order valence-electron chi connectivity index (χ3n) is 4.06. The number of benzene rings is 1. The van der Waals surface area contributed by atoms with E-state index in [0.717, 1.165) is 34.4 Å². The van der Waals surface area contributed by atoms with Crippen molar-refractivity contribution in [1.82, 2.24) is 5.32 Å². The number of halogens is 2. The number of aliphatic hydroxyl groups is 1. The lowest BCUT2D eigenvalue weighted by Crippen LogP contribution is -2.51. The molecule has 0 heterocycles. The molecule has 2 nitrogen and oxygen atoms in total. The maximum Gasteiger partial charge on any atom is 0.0613 e. The molecule has 19 heavy (non-hydrogen) atoms. The Morgan fingerprint density at radius 2 is 2.32 bits per heavy atom. The highest BCUT2D eigenvalue weighted by molar-refractivity contribution is 9.10. The predicted octanol–water partition coefficient (Wildman–Crippen LogP) is 4.13. The van der Waals surface area contributed by atoms with Crippen molar-refractivity contribution in [2.75, 3.05) is 6.61 Å². The summed E-state index contributed by atoms with van der Waals surface area (Å²) in [5.41, 5.74) is 1.01. The molecule has 2 rings (SSSR count). The number of nitrogens with one attached hydrogen (secondary N) is 1. The predicted molar refractivity (Wildman–Crippen MR) is 83.4 cm³/mol. The first-order valence-electron chi connectivity index (χ1n) is 6.84. The van der Waals surface area contributed by atoms with E-state index in [1.165, 1.54) is 12.8 Å². The van der Waals surface area contributed by atoms with Gasteiger partial charge in [-0.2, -0.15) is 0 Å². The van der Waals surface area contributed by atoms with Crippen molar-refractivity contribution >= 4 is 27.5 Å². The Morgan fingerprint density at radius 3 is 3.00 bits per heavy atom. The van der Waals surface area contributed by atoms with Gasteiger partial charge in [0.2, 0.25) is 0 Å². The second kappa shape index (κ2) is 6.57. The van der Waals surface area contributed by atoms with Crippen molar-refractivity contribution in [3.05, 3.63) is 33.3 Å². The molecule has 1 aromatic rings. The average Bonchev–Trinajstić information content (AvgIpc) is 2.40. The fraction of sp³-hybridized carbons (Fsp3) is 0.600. The lowest BCUT2D eigenvalue weighted by Gasteiger charge is -2.39. The van der Waals surface area contributed by atoms with Gasteiger partial charge in [-0.3, -0.25) is 0 Å². The van der Waals surface area contributed by atoms with Gasteiger partial charge in [0, 0.05) is 21.6 Å². The Kier molecular flexibility index (Phi) is 5.29. The summed E-state index contributed by atoms with van der Waals surface area (Å²) in [5, 5.41) is 14.1. The Bertz CT molecular complexity index is 440. The zero-order chi connectivity index (χ0) is 13.9. The zero-order valence-corrected chi connectivity index (χ0v) is 13.6. The number of rotatable bonds is 4. The van der Waals surface area contributed by atoms with Crippen LogP contribution >= 0.6 is 27.5 Å². The molecule has 0 aliphatic heterocycles. The molecule has 1 fully saturated rings. The molecule has 0 radical (unpaired) electrons. The van der Waals surface area contributed by atoms with Gasteiger partial charge >= 0.3 is 0 Å². The van der Waals surface area contributed by atoms with Gasteiger partial charge in [-0.05, 0) is 42.5 Å². The molecule has 2 atom stereocenters. The first-order chi connectivity index (χ1) is 9.04. The number of aliphatic hydroxyl groups excluding tert-OH is 1. The van der Waals surface area contributed by atoms with Gasteiger partial charge in [0.25, 0.3) is 0 Å². The zero-order valence-electron chi connectivity index (χ0n) is 11.3. The second-order valence-corrected chi connectivity index (χ2v) is 7.02. The van der Waals surface area contributed by atoms with Crippen LogP contribution in [-0.4, -0.2) is 17.3 Å². The van der Waals surface area contributed by atoms with E-state index >= 15 is 0 Å². The van der Waals surface area contributed by atoms with E-state index < -0.39 is 0 Å². The number of hydrogen-bond donors (Lipinski definition) is 2. The van der Waals surface area contributed by atoms with Gasteiger partial charge in [0.15, 0.2) is 0 Å². The van der Waals surface area contributed by atoms with Crippen molar-refractivity contribution in [2.45, 2.75) is 44.7 Å². The highest BCUT2D eigenvalue weighted by Gasteiger charge is 2.33. The molecule has 0 bridgehead atoms. The maximum absolute atomic E-state index is 9.76. The van der Waals surface area contributed by atoms with E-state index in [0.29, 0.717) is 5.92 Å². The molecule has 1 saturated carbocycles. The molecule has 0 spiro atoms. The molecule has 4 heteroatoms. The molecule has 1 aliphatic rings. The minimum absolute atomic E-state index is 0.126. The van der Waals surface area contributed by atoms with Gasteiger partial charge in [-0.1, -0.05) is 47.3 Å². The summed E-state index contributed by atoms with van der Waals surface area (Å²) in [6.07, 6.45) is 4.55. The molecule has 1 aliphatic carbocycles. The molecule has 2 unspecified atom stereocenters. The monoisotopic (exact) mass is 345 g/mol. The van der Waals surface area contributed by atoms with Crippen molar-refractivity contribution in [2.24, 2.45) is 5.92 Å². The van der Waals surface area contributed by atoms with Crippen molar-refractivity contribution in [1.29, 1.82) is 0 Å². The summed E-state index contributed by atoms with van der Waals surface area (Å²) in [7, 11) is 0. The van der Waals surface area contributed by atoms with E-state index in [2.05, 4.69) is 28.2 Å². The van der Waals surface area contributed by atoms with Crippen LogP contribution in [-0.2, 0) is 6.54 Å². The molecule has 0 amide bonds. The Labute approximate surface area is 128 Å². The summed E-state index contributed by atoms with van der Waals surface area (Å²) < 4.78 is 1.06. The van der Waals surface area contributed by atoms with Gasteiger partial charge < -0.3 is 10.4 Å². The largest absolute Gasteiger partial charge is 0.394 e. The molecular formula is C15H21BrClNO. The van der Waals surface area contributed by atoms with E-state index in [4.69, 9.17) is 11.6 Å².